The van der Waals surface area contributed by atoms with Gasteiger partial charge in [0.05, 0.1) is 0 Å². The number of hydrogen-bond donors (Lipinski definition) is 1. The highest BCUT2D eigenvalue weighted by atomic mass is 19.1. The maximum Gasteiger partial charge on any atom is 0.123 e. The summed E-state index contributed by atoms with van der Waals surface area (Å²) in [6.07, 6.45) is 0. The molecular formula is C18H22FN. The van der Waals surface area contributed by atoms with Crippen molar-refractivity contribution in [3.8, 4) is 0 Å². The topological polar surface area (TPSA) is 12.0 Å². The standard InChI is InChI=1S/C18H22FN/c1-12-5-10-18(13(2)11-12)15(4)20-14(3)16-6-8-17(19)9-7-16/h5-11,14-15,20H,1-4H3/t14-,15?/m0/s1. The summed E-state index contributed by atoms with van der Waals surface area (Å²) in [6.45, 7) is 8.52. The van der Waals surface area contributed by atoms with Crippen LogP contribution in [0.25, 0.3) is 0 Å². The molecule has 106 valence electrons. The Morgan fingerprint density at radius 1 is 0.900 bits per heavy atom. The molecule has 0 spiro atoms. The molecule has 0 radical (unpaired) electrons. The highest BCUT2D eigenvalue weighted by Crippen LogP contribution is 2.22. The zero-order chi connectivity index (χ0) is 14.7. The molecular weight excluding hydrogens is 249 g/mol. The van der Waals surface area contributed by atoms with Gasteiger partial charge in [-0.2, -0.15) is 0 Å². The molecule has 0 aliphatic carbocycles. The van der Waals surface area contributed by atoms with E-state index >= 15 is 0 Å². The lowest BCUT2D eigenvalue weighted by molar-refractivity contribution is 0.492. The first-order valence-corrected chi connectivity index (χ1v) is 7.06. The van der Waals surface area contributed by atoms with E-state index in [0.717, 1.165) is 5.56 Å². The fourth-order valence-corrected chi connectivity index (χ4v) is 2.62. The van der Waals surface area contributed by atoms with E-state index in [-0.39, 0.29) is 17.9 Å². The minimum Gasteiger partial charge on any atom is -0.304 e. The monoisotopic (exact) mass is 271 g/mol. The summed E-state index contributed by atoms with van der Waals surface area (Å²) in [5.41, 5.74) is 4.99. The summed E-state index contributed by atoms with van der Waals surface area (Å²) < 4.78 is 12.9. The van der Waals surface area contributed by atoms with Gasteiger partial charge in [0, 0.05) is 12.1 Å². The number of aryl methyl sites for hydroxylation is 2. The van der Waals surface area contributed by atoms with Gasteiger partial charge in [0.2, 0.25) is 0 Å². The summed E-state index contributed by atoms with van der Waals surface area (Å²) in [5.74, 6) is -0.191. The predicted octanol–water partition coefficient (Wildman–Crippen LogP) is 4.85. The van der Waals surface area contributed by atoms with Gasteiger partial charge < -0.3 is 5.32 Å². The molecule has 1 N–H and O–H groups in total. The Morgan fingerprint density at radius 2 is 1.55 bits per heavy atom. The highest BCUT2D eigenvalue weighted by molar-refractivity contribution is 5.32. The largest absolute Gasteiger partial charge is 0.304 e. The Hall–Kier alpha value is -1.67. The molecule has 0 aliphatic heterocycles. The summed E-state index contributed by atoms with van der Waals surface area (Å²) in [4.78, 5) is 0. The molecule has 0 bridgehead atoms. The van der Waals surface area contributed by atoms with E-state index in [4.69, 9.17) is 0 Å². The average Bonchev–Trinajstić information content (AvgIpc) is 2.39. The number of rotatable bonds is 4. The Balaban J connectivity index is 2.10. The van der Waals surface area contributed by atoms with Gasteiger partial charge in [-0.15, -0.1) is 0 Å². The van der Waals surface area contributed by atoms with Crippen molar-refractivity contribution in [2.75, 3.05) is 0 Å². The van der Waals surface area contributed by atoms with Gasteiger partial charge in [-0.1, -0.05) is 35.9 Å². The zero-order valence-corrected chi connectivity index (χ0v) is 12.6. The molecule has 2 aromatic carbocycles. The average molecular weight is 271 g/mol. The van der Waals surface area contributed by atoms with Crippen molar-refractivity contribution >= 4 is 0 Å². The van der Waals surface area contributed by atoms with Gasteiger partial charge in [0.15, 0.2) is 0 Å². The molecule has 20 heavy (non-hydrogen) atoms. The van der Waals surface area contributed by atoms with Crippen molar-refractivity contribution in [3.05, 3.63) is 70.5 Å². The first-order chi connectivity index (χ1) is 9.47. The molecule has 0 heterocycles. The van der Waals surface area contributed by atoms with E-state index in [1.807, 2.05) is 12.1 Å². The Labute approximate surface area is 120 Å². The van der Waals surface area contributed by atoms with Crippen LogP contribution in [0.15, 0.2) is 42.5 Å². The van der Waals surface area contributed by atoms with Gasteiger partial charge in [-0.25, -0.2) is 4.39 Å². The maximum atomic E-state index is 12.9. The second kappa shape index (κ2) is 6.19. The Morgan fingerprint density at radius 3 is 2.15 bits per heavy atom. The second-order valence-corrected chi connectivity index (χ2v) is 5.52. The maximum absolute atomic E-state index is 12.9. The smallest absolute Gasteiger partial charge is 0.123 e. The third-order valence-electron chi connectivity index (χ3n) is 3.76. The third-order valence-corrected chi connectivity index (χ3v) is 3.76. The van der Waals surface area contributed by atoms with Crippen molar-refractivity contribution in [1.82, 2.24) is 5.32 Å². The second-order valence-electron chi connectivity index (χ2n) is 5.52. The zero-order valence-electron chi connectivity index (χ0n) is 12.6. The number of hydrogen-bond acceptors (Lipinski definition) is 1. The first-order valence-electron chi connectivity index (χ1n) is 7.06. The van der Waals surface area contributed by atoms with E-state index in [2.05, 4.69) is 51.2 Å². The van der Waals surface area contributed by atoms with Gasteiger partial charge in [0.25, 0.3) is 0 Å². The molecule has 0 saturated carbocycles. The fourth-order valence-electron chi connectivity index (χ4n) is 2.62. The fraction of sp³-hybridized carbons (Fsp3) is 0.333. The Kier molecular flexibility index (Phi) is 4.56. The molecule has 2 rings (SSSR count). The van der Waals surface area contributed by atoms with Crippen molar-refractivity contribution in [2.45, 2.75) is 39.8 Å². The molecule has 0 fully saturated rings. The summed E-state index contributed by atoms with van der Waals surface area (Å²) in [6, 6.07) is 13.7. The van der Waals surface area contributed by atoms with E-state index in [1.165, 1.54) is 28.8 Å². The number of nitrogens with one attached hydrogen (secondary N) is 1. The van der Waals surface area contributed by atoms with E-state index < -0.39 is 0 Å². The molecule has 0 saturated heterocycles. The lowest BCUT2D eigenvalue weighted by atomic mass is 9.99. The van der Waals surface area contributed by atoms with Crippen LogP contribution in [0.5, 0.6) is 0 Å². The first kappa shape index (κ1) is 14.7. The van der Waals surface area contributed by atoms with Crippen LogP contribution in [0, 0.1) is 19.7 Å². The molecule has 2 aromatic rings. The molecule has 1 nitrogen and oxygen atoms in total. The van der Waals surface area contributed by atoms with Crippen LogP contribution in [0.3, 0.4) is 0 Å². The molecule has 0 amide bonds. The molecule has 0 aliphatic rings. The van der Waals surface area contributed by atoms with Crippen molar-refractivity contribution in [1.29, 1.82) is 0 Å². The lowest BCUT2D eigenvalue weighted by Gasteiger charge is -2.22. The van der Waals surface area contributed by atoms with Crippen LogP contribution in [-0.4, -0.2) is 0 Å². The summed E-state index contributed by atoms with van der Waals surface area (Å²) in [7, 11) is 0. The molecule has 1 unspecified atom stereocenters. The van der Waals surface area contributed by atoms with Gasteiger partial charge in [-0.3, -0.25) is 0 Å². The van der Waals surface area contributed by atoms with Crippen molar-refractivity contribution < 1.29 is 4.39 Å². The minimum absolute atomic E-state index is 0.186. The van der Waals surface area contributed by atoms with Crippen molar-refractivity contribution in [3.63, 3.8) is 0 Å². The van der Waals surface area contributed by atoms with Gasteiger partial charge in [-0.05, 0) is 56.5 Å². The third kappa shape index (κ3) is 3.45. The highest BCUT2D eigenvalue weighted by Gasteiger charge is 2.12. The number of benzene rings is 2. The van der Waals surface area contributed by atoms with Gasteiger partial charge in [0.1, 0.15) is 5.82 Å². The normalized spacial score (nSPS) is 14.1. The van der Waals surface area contributed by atoms with E-state index in [9.17, 15) is 4.39 Å². The molecule has 0 aromatic heterocycles. The van der Waals surface area contributed by atoms with Gasteiger partial charge >= 0.3 is 0 Å². The van der Waals surface area contributed by atoms with Crippen LogP contribution >= 0.6 is 0 Å². The van der Waals surface area contributed by atoms with Crippen LogP contribution < -0.4 is 5.32 Å². The quantitative estimate of drug-likeness (QED) is 0.837. The van der Waals surface area contributed by atoms with E-state index in [0.29, 0.717) is 0 Å². The SMILES string of the molecule is Cc1ccc(C(C)N[C@@H](C)c2ccc(F)cc2)c(C)c1. The Bertz CT molecular complexity index is 574. The van der Waals surface area contributed by atoms with Crippen LogP contribution in [0.2, 0.25) is 0 Å². The van der Waals surface area contributed by atoms with Crippen LogP contribution in [0.1, 0.15) is 48.2 Å². The van der Waals surface area contributed by atoms with Crippen molar-refractivity contribution in [2.24, 2.45) is 0 Å². The van der Waals surface area contributed by atoms with Crippen LogP contribution in [0.4, 0.5) is 4.39 Å². The number of halogens is 1. The molecule has 2 atom stereocenters. The lowest BCUT2D eigenvalue weighted by Crippen LogP contribution is -2.23. The molecule has 2 heteroatoms. The summed E-state index contributed by atoms with van der Waals surface area (Å²) in [5, 5.41) is 3.57. The minimum atomic E-state index is -0.191. The predicted molar refractivity (Wildman–Crippen MR) is 82.3 cm³/mol. The van der Waals surface area contributed by atoms with Crippen LogP contribution in [-0.2, 0) is 0 Å². The van der Waals surface area contributed by atoms with E-state index in [1.54, 1.807) is 0 Å². The summed E-state index contributed by atoms with van der Waals surface area (Å²) >= 11 is 0.